The average Bonchev–Trinajstić information content (AvgIpc) is 2.55. The molecule has 2 heterocycles. The van der Waals surface area contributed by atoms with Gasteiger partial charge in [-0.25, -0.2) is 4.98 Å². The molecule has 0 atom stereocenters. The van der Waals surface area contributed by atoms with Crippen LogP contribution in [0.4, 0.5) is 11.6 Å². The standard InChI is InChI=1S/C14H16N4O4/c1-2-22-13-11-4-3-10(18(19)20)9-12(11)15-14(16-13)17-5-7-21-8-6-17/h3-4,9H,2,5-8H2,1H3. The highest BCUT2D eigenvalue weighted by Gasteiger charge is 2.18. The van der Waals surface area contributed by atoms with Crippen LogP contribution in [0.1, 0.15) is 6.92 Å². The average molecular weight is 304 g/mol. The van der Waals surface area contributed by atoms with Gasteiger partial charge in [-0.3, -0.25) is 10.1 Å². The fourth-order valence-electron chi connectivity index (χ4n) is 2.34. The Morgan fingerprint density at radius 2 is 2.14 bits per heavy atom. The Kier molecular flexibility index (Phi) is 4.01. The summed E-state index contributed by atoms with van der Waals surface area (Å²) in [4.78, 5) is 21.4. The SMILES string of the molecule is CCOc1nc(N2CCOCC2)nc2cc([N+](=O)[O-])ccc12. The molecule has 8 heteroatoms. The van der Waals surface area contributed by atoms with Crippen molar-refractivity contribution in [3.05, 3.63) is 28.3 Å². The van der Waals surface area contributed by atoms with Gasteiger partial charge in [-0.2, -0.15) is 4.98 Å². The van der Waals surface area contributed by atoms with Crippen molar-refractivity contribution in [2.45, 2.75) is 6.92 Å². The monoisotopic (exact) mass is 304 g/mol. The fourth-order valence-corrected chi connectivity index (χ4v) is 2.34. The van der Waals surface area contributed by atoms with Crippen LogP contribution < -0.4 is 9.64 Å². The van der Waals surface area contributed by atoms with E-state index in [1.165, 1.54) is 12.1 Å². The molecule has 0 bridgehead atoms. The molecule has 0 unspecified atom stereocenters. The predicted octanol–water partition coefficient (Wildman–Crippen LogP) is 1.77. The number of nitro benzene ring substituents is 1. The molecular weight excluding hydrogens is 288 g/mol. The molecule has 1 aromatic heterocycles. The van der Waals surface area contributed by atoms with Crippen molar-refractivity contribution in [3.63, 3.8) is 0 Å². The van der Waals surface area contributed by atoms with Crippen LogP contribution in [0.15, 0.2) is 18.2 Å². The molecule has 1 aliphatic rings. The van der Waals surface area contributed by atoms with Crippen molar-refractivity contribution in [1.82, 2.24) is 9.97 Å². The summed E-state index contributed by atoms with van der Waals surface area (Å²) in [5.74, 6) is 0.962. The molecule has 0 saturated carbocycles. The lowest BCUT2D eigenvalue weighted by Crippen LogP contribution is -2.37. The van der Waals surface area contributed by atoms with Crippen LogP contribution in [0.3, 0.4) is 0 Å². The number of benzene rings is 1. The van der Waals surface area contributed by atoms with E-state index >= 15 is 0 Å². The van der Waals surface area contributed by atoms with E-state index in [1.54, 1.807) is 6.07 Å². The van der Waals surface area contributed by atoms with Gasteiger partial charge in [0.1, 0.15) is 0 Å². The molecule has 2 aromatic rings. The molecular formula is C14H16N4O4. The second-order valence-electron chi connectivity index (χ2n) is 4.82. The molecule has 1 saturated heterocycles. The highest BCUT2D eigenvalue weighted by molar-refractivity contribution is 5.86. The Morgan fingerprint density at radius 1 is 1.36 bits per heavy atom. The number of non-ortho nitro benzene ring substituents is 1. The molecule has 1 aliphatic heterocycles. The van der Waals surface area contributed by atoms with E-state index < -0.39 is 4.92 Å². The van der Waals surface area contributed by atoms with Crippen LogP contribution in [0.5, 0.6) is 5.88 Å². The van der Waals surface area contributed by atoms with Gasteiger partial charge < -0.3 is 14.4 Å². The lowest BCUT2D eigenvalue weighted by atomic mass is 10.2. The molecule has 22 heavy (non-hydrogen) atoms. The molecule has 8 nitrogen and oxygen atoms in total. The summed E-state index contributed by atoms with van der Waals surface area (Å²) in [5, 5.41) is 11.6. The van der Waals surface area contributed by atoms with E-state index in [-0.39, 0.29) is 5.69 Å². The van der Waals surface area contributed by atoms with Crippen LogP contribution >= 0.6 is 0 Å². The molecule has 0 N–H and O–H groups in total. The number of anilines is 1. The van der Waals surface area contributed by atoms with Crippen molar-refractivity contribution < 1.29 is 14.4 Å². The molecule has 3 rings (SSSR count). The molecule has 116 valence electrons. The Morgan fingerprint density at radius 3 is 2.82 bits per heavy atom. The van der Waals surface area contributed by atoms with E-state index in [1.807, 2.05) is 11.8 Å². The second kappa shape index (κ2) is 6.10. The first-order valence-electron chi connectivity index (χ1n) is 7.10. The number of ether oxygens (including phenoxy) is 2. The van der Waals surface area contributed by atoms with Gasteiger partial charge in [0.2, 0.25) is 11.8 Å². The zero-order chi connectivity index (χ0) is 15.5. The van der Waals surface area contributed by atoms with E-state index in [9.17, 15) is 10.1 Å². The molecule has 1 fully saturated rings. The zero-order valence-corrected chi connectivity index (χ0v) is 12.2. The third kappa shape index (κ3) is 2.77. The Balaban J connectivity index is 2.10. The topological polar surface area (TPSA) is 90.6 Å². The van der Waals surface area contributed by atoms with Crippen LogP contribution in [-0.4, -0.2) is 47.8 Å². The maximum absolute atomic E-state index is 10.9. The largest absolute Gasteiger partial charge is 0.477 e. The van der Waals surface area contributed by atoms with Gasteiger partial charge in [0.15, 0.2) is 0 Å². The molecule has 0 spiro atoms. The van der Waals surface area contributed by atoms with Crippen LogP contribution in [-0.2, 0) is 4.74 Å². The first-order valence-corrected chi connectivity index (χ1v) is 7.10. The smallest absolute Gasteiger partial charge is 0.271 e. The molecule has 0 radical (unpaired) electrons. The van der Waals surface area contributed by atoms with Crippen molar-refractivity contribution in [1.29, 1.82) is 0 Å². The summed E-state index contributed by atoms with van der Waals surface area (Å²) >= 11 is 0. The van der Waals surface area contributed by atoms with Gasteiger partial charge in [-0.1, -0.05) is 0 Å². The zero-order valence-electron chi connectivity index (χ0n) is 12.2. The summed E-state index contributed by atoms with van der Waals surface area (Å²) in [5.41, 5.74) is 0.510. The minimum atomic E-state index is -0.434. The summed E-state index contributed by atoms with van der Waals surface area (Å²) in [6, 6.07) is 4.51. The quantitative estimate of drug-likeness (QED) is 0.628. The van der Waals surface area contributed by atoms with E-state index in [0.29, 0.717) is 55.6 Å². The maximum Gasteiger partial charge on any atom is 0.271 e. The Hall–Kier alpha value is -2.48. The summed E-state index contributed by atoms with van der Waals surface area (Å²) in [6.45, 7) is 4.93. The van der Waals surface area contributed by atoms with Crippen molar-refractivity contribution in [3.8, 4) is 5.88 Å². The number of morpholine rings is 1. The predicted molar refractivity (Wildman–Crippen MR) is 80.4 cm³/mol. The Labute approximate surface area is 126 Å². The maximum atomic E-state index is 10.9. The molecule has 0 amide bonds. The summed E-state index contributed by atoms with van der Waals surface area (Å²) < 4.78 is 10.9. The first kappa shape index (κ1) is 14.5. The highest BCUT2D eigenvalue weighted by Crippen LogP contribution is 2.28. The van der Waals surface area contributed by atoms with Gasteiger partial charge >= 0.3 is 0 Å². The number of aromatic nitrogens is 2. The van der Waals surface area contributed by atoms with Gasteiger partial charge in [-0.05, 0) is 13.0 Å². The van der Waals surface area contributed by atoms with Crippen LogP contribution in [0.25, 0.3) is 10.9 Å². The third-order valence-electron chi connectivity index (χ3n) is 3.42. The lowest BCUT2D eigenvalue weighted by molar-refractivity contribution is -0.384. The number of hydrogen-bond donors (Lipinski definition) is 0. The highest BCUT2D eigenvalue weighted by atomic mass is 16.6. The van der Waals surface area contributed by atoms with Gasteiger partial charge in [0, 0.05) is 25.2 Å². The van der Waals surface area contributed by atoms with Crippen molar-refractivity contribution >= 4 is 22.5 Å². The van der Waals surface area contributed by atoms with E-state index in [4.69, 9.17) is 9.47 Å². The lowest BCUT2D eigenvalue weighted by Gasteiger charge is -2.27. The van der Waals surface area contributed by atoms with Crippen LogP contribution in [0.2, 0.25) is 0 Å². The number of fused-ring (bicyclic) bond motifs is 1. The second-order valence-corrected chi connectivity index (χ2v) is 4.82. The molecule has 1 aromatic carbocycles. The van der Waals surface area contributed by atoms with Gasteiger partial charge in [0.25, 0.3) is 5.69 Å². The van der Waals surface area contributed by atoms with E-state index in [2.05, 4.69) is 9.97 Å². The normalized spacial score (nSPS) is 15.0. The van der Waals surface area contributed by atoms with Crippen molar-refractivity contribution in [2.24, 2.45) is 0 Å². The van der Waals surface area contributed by atoms with Crippen LogP contribution in [0, 0.1) is 10.1 Å². The fraction of sp³-hybridized carbons (Fsp3) is 0.429. The van der Waals surface area contributed by atoms with Gasteiger partial charge in [0.05, 0.1) is 35.6 Å². The number of rotatable bonds is 4. The first-order chi connectivity index (χ1) is 10.7. The van der Waals surface area contributed by atoms with Crippen molar-refractivity contribution in [2.75, 3.05) is 37.8 Å². The Bertz CT molecular complexity index is 701. The van der Waals surface area contributed by atoms with E-state index in [0.717, 1.165) is 0 Å². The summed E-state index contributed by atoms with van der Waals surface area (Å²) in [6.07, 6.45) is 0. The number of hydrogen-bond acceptors (Lipinski definition) is 7. The molecule has 0 aliphatic carbocycles. The van der Waals surface area contributed by atoms with Gasteiger partial charge in [-0.15, -0.1) is 0 Å². The minimum Gasteiger partial charge on any atom is -0.477 e. The number of nitrogens with zero attached hydrogens (tertiary/aromatic N) is 4. The minimum absolute atomic E-state index is 0.00146. The number of nitro groups is 1. The third-order valence-corrected chi connectivity index (χ3v) is 3.42. The summed E-state index contributed by atoms with van der Waals surface area (Å²) in [7, 11) is 0.